The second-order valence-electron chi connectivity index (χ2n) is 6.12. The third kappa shape index (κ3) is 3.51. The Balaban J connectivity index is 1.52. The Morgan fingerprint density at radius 2 is 2.05 bits per heavy atom. The van der Waals surface area contributed by atoms with Crippen molar-refractivity contribution < 1.29 is 13.9 Å². The van der Waals surface area contributed by atoms with Crippen molar-refractivity contribution in [1.82, 2.24) is 4.90 Å². The highest BCUT2D eigenvalue weighted by molar-refractivity contribution is 5.67. The Bertz CT molecular complexity index is 537. The van der Waals surface area contributed by atoms with Crippen LogP contribution in [0.3, 0.4) is 0 Å². The first-order valence-corrected chi connectivity index (χ1v) is 8.15. The van der Waals surface area contributed by atoms with Gasteiger partial charge in [0, 0.05) is 24.8 Å². The Kier molecular flexibility index (Phi) is 4.50. The van der Waals surface area contributed by atoms with Crippen molar-refractivity contribution in [2.75, 3.05) is 25.0 Å². The number of benzene rings is 1. The van der Waals surface area contributed by atoms with Crippen LogP contribution in [-0.4, -0.2) is 36.7 Å². The van der Waals surface area contributed by atoms with E-state index in [1.165, 1.54) is 0 Å². The lowest BCUT2D eigenvalue weighted by Gasteiger charge is -2.32. The molecular weight excluding hydrogens is 283 g/mol. The lowest BCUT2D eigenvalue weighted by atomic mass is 10.0. The number of halogens is 1. The molecule has 120 valence electrons. The molecule has 4 nitrogen and oxygen atoms in total. The van der Waals surface area contributed by atoms with Crippen molar-refractivity contribution in [3.8, 4) is 0 Å². The van der Waals surface area contributed by atoms with Gasteiger partial charge in [-0.1, -0.05) is 6.07 Å². The normalized spacial score (nSPS) is 19.1. The maximum absolute atomic E-state index is 14.0. The molecular formula is C17H23FN2O2. The fourth-order valence-electron chi connectivity index (χ4n) is 3.00. The summed E-state index contributed by atoms with van der Waals surface area (Å²) in [6.45, 7) is 3.58. The third-order valence-electron chi connectivity index (χ3n) is 4.41. The van der Waals surface area contributed by atoms with Crippen LogP contribution in [0.5, 0.6) is 0 Å². The van der Waals surface area contributed by atoms with E-state index >= 15 is 0 Å². The number of nitrogens with zero attached hydrogens (tertiary/aromatic N) is 1. The quantitative estimate of drug-likeness (QED) is 0.921. The Morgan fingerprint density at radius 3 is 2.64 bits per heavy atom. The van der Waals surface area contributed by atoms with Crippen molar-refractivity contribution in [2.45, 2.75) is 44.6 Å². The van der Waals surface area contributed by atoms with Gasteiger partial charge in [-0.2, -0.15) is 0 Å². The molecule has 1 aliphatic carbocycles. The molecule has 1 saturated heterocycles. The molecule has 0 bridgehead atoms. The van der Waals surface area contributed by atoms with Crippen molar-refractivity contribution in [2.24, 2.45) is 0 Å². The van der Waals surface area contributed by atoms with Crippen LogP contribution in [0.1, 0.15) is 44.1 Å². The highest BCUT2D eigenvalue weighted by Crippen LogP contribution is 2.41. The number of ether oxygens (including phenoxy) is 1. The zero-order chi connectivity index (χ0) is 15.5. The Hall–Kier alpha value is -1.78. The first-order valence-electron chi connectivity index (χ1n) is 8.15. The zero-order valence-corrected chi connectivity index (χ0v) is 13.0. The average molecular weight is 306 g/mol. The molecule has 1 aromatic rings. The second-order valence-corrected chi connectivity index (χ2v) is 6.12. The smallest absolute Gasteiger partial charge is 0.409 e. The molecule has 0 unspecified atom stereocenters. The van der Waals surface area contributed by atoms with E-state index in [2.05, 4.69) is 5.32 Å². The number of anilines is 1. The zero-order valence-electron chi connectivity index (χ0n) is 13.0. The average Bonchev–Trinajstić information content (AvgIpc) is 3.33. The second kappa shape index (κ2) is 6.55. The number of hydrogen-bond donors (Lipinski definition) is 1. The van der Waals surface area contributed by atoms with Crippen LogP contribution < -0.4 is 5.32 Å². The van der Waals surface area contributed by atoms with Crippen molar-refractivity contribution in [3.05, 3.63) is 29.6 Å². The standard InChI is InChI=1S/C17H23FN2O2/c1-2-22-17(21)20-9-7-13(8-10-20)19-14-5-6-15(12-3-4-12)16(18)11-14/h5-6,11-13,19H,2-4,7-10H2,1H3. The molecule has 5 heteroatoms. The molecule has 1 aliphatic heterocycles. The lowest BCUT2D eigenvalue weighted by molar-refractivity contribution is 0.0983. The van der Waals surface area contributed by atoms with Gasteiger partial charge in [0.1, 0.15) is 5.82 Å². The summed E-state index contributed by atoms with van der Waals surface area (Å²) in [4.78, 5) is 13.4. The molecule has 1 amide bonds. The molecule has 0 aromatic heterocycles. The van der Waals surface area contributed by atoms with Crippen LogP contribution in [0.4, 0.5) is 14.9 Å². The molecule has 1 heterocycles. The number of nitrogens with one attached hydrogen (secondary N) is 1. The molecule has 2 aliphatic rings. The van der Waals surface area contributed by atoms with Gasteiger partial charge in [0.05, 0.1) is 6.61 Å². The number of likely N-dealkylation sites (tertiary alicyclic amines) is 1. The van der Waals surface area contributed by atoms with Gasteiger partial charge >= 0.3 is 6.09 Å². The molecule has 0 atom stereocenters. The fourth-order valence-corrected chi connectivity index (χ4v) is 3.00. The number of carbonyl (C=O) groups excluding carboxylic acids is 1. The van der Waals surface area contributed by atoms with Gasteiger partial charge in [-0.15, -0.1) is 0 Å². The molecule has 3 rings (SSSR count). The number of rotatable bonds is 4. The summed E-state index contributed by atoms with van der Waals surface area (Å²) in [6, 6.07) is 5.75. The van der Waals surface area contributed by atoms with E-state index in [0.29, 0.717) is 25.6 Å². The van der Waals surface area contributed by atoms with E-state index in [4.69, 9.17) is 4.74 Å². The molecule has 2 fully saturated rings. The summed E-state index contributed by atoms with van der Waals surface area (Å²) >= 11 is 0. The van der Waals surface area contributed by atoms with Gasteiger partial charge in [-0.3, -0.25) is 0 Å². The number of amides is 1. The minimum absolute atomic E-state index is 0.101. The van der Waals surface area contributed by atoms with Crippen molar-refractivity contribution in [3.63, 3.8) is 0 Å². The first-order chi connectivity index (χ1) is 10.7. The fraction of sp³-hybridized carbons (Fsp3) is 0.588. The van der Waals surface area contributed by atoms with Crippen molar-refractivity contribution in [1.29, 1.82) is 0 Å². The summed E-state index contributed by atoms with van der Waals surface area (Å²) in [5.41, 5.74) is 1.68. The third-order valence-corrected chi connectivity index (χ3v) is 4.41. The lowest BCUT2D eigenvalue weighted by Crippen LogP contribution is -2.42. The van der Waals surface area contributed by atoms with E-state index in [1.54, 1.807) is 11.0 Å². The summed E-state index contributed by atoms with van der Waals surface area (Å²) in [5.74, 6) is 0.332. The van der Waals surface area contributed by atoms with Gasteiger partial charge < -0.3 is 15.0 Å². The predicted octanol–water partition coefficient (Wildman–Crippen LogP) is 3.74. The van der Waals surface area contributed by atoms with Crippen molar-refractivity contribution >= 4 is 11.8 Å². The molecule has 0 spiro atoms. The van der Waals surface area contributed by atoms with Crippen LogP contribution >= 0.6 is 0 Å². The number of hydrogen-bond acceptors (Lipinski definition) is 3. The summed E-state index contributed by atoms with van der Waals surface area (Å²) < 4.78 is 19.0. The summed E-state index contributed by atoms with van der Waals surface area (Å²) in [7, 11) is 0. The van der Waals surface area contributed by atoms with Crippen LogP contribution in [0.25, 0.3) is 0 Å². The van der Waals surface area contributed by atoms with Crippen LogP contribution in [0.2, 0.25) is 0 Å². The maximum atomic E-state index is 14.0. The first kappa shape index (κ1) is 15.1. The highest BCUT2D eigenvalue weighted by atomic mass is 19.1. The highest BCUT2D eigenvalue weighted by Gasteiger charge is 2.27. The molecule has 1 N–H and O–H groups in total. The topological polar surface area (TPSA) is 41.6 Å². The number of carbonyl (C=O) groups is 1. The largest absolute Gasteiger partial charge is 0.450 e. The SMILES string of the molecule is CCOC(=O)N1CCC(Nc2ccc(C3CC3)c(F)c2)CC1. The van der Waals surface area contributed by atoms with E-state index in [0.717, 1.165) is 36.9 Å². The Morgan fingerprint density at radius 1 is 1.32 bits per heavy atom. The van der Waals surface area contributed by atoms with E-state index in [-0.39, 0.29) is 18.0 Å². The van der Waals surface area contributed by atoms with E-state index in [1.807, 2.05) is 19.1 Å². The molecule has 22 heavy (non-hydrogen) atoms. The monoisotopic (exact) mass is 306 g/mol. The van der Waals surface area contributed by atoms with Crippen LogP contribution in [0, 0.1) is 5.82 Å². The van der Waals surface area contributed by atoms with Gasteiger partial charge in [-0.05, 0) is 56.2 Å². The minimum Gasteiger partial charge on any atom is -0.450 e. The molecule has 1 saturated carbocycles. The van der Waals surface area contributed by atoms with E-state index in [9.17, 15) is 9.18 Å². The molecule has 1 aromatic carbocycles. The van der Waals surface area contributed by atoms with Gasteiger partial charge in [-0.25, -0.2) is 9.18 Å². The van der Waals surface area contributed by atoms with Gasteiger partial charge in [0.25, 0.3) is 0 Å². The summed E-state index contributed by atoms with van der Waals surface area (Å²) in [5, 5.41) is 3.38. The Labute approximate surface area is 130 Å². The maximum Gasteiger partial charge on any atom is 0.409 e. The van der Waals surface area contributed by atoms with Gasteiger partial charge in [0.15, 0.2) is 0 Å². The minimum atomic E-state index is -0.235. The molecule has 0 radical (unpaired) electrons. The van der Waals surface area contributed by atoms with Crippen LogP contribution in [0.15, 0.2) is 18.2 Å². The predicted molar refractivity (Wildman–Crippen MR) is 83.6 cm³/mol. The van der Waals surface area contributed by atoms with Crippen LogP contribution in [-0.2, 0) is 4.74 Å². The summed E-state index contributed by atoms with van der Waals surface area (Å²) in [6.07, 6.45) is 3.68. The number of piperidine rings is 1. The van der Waals surface area contributed by atoms with E-state index < -0.39 is 0 Å². The van der Waals surface area contributed by atoms with Gasteiger partial charge in [0.2, 0.25) is 0 Å².